The second kappa shape index (κ2) is 7.07. The summed E-state index contributed by atoms with van der Waals surface area (Å²) in [6.45, 7) is 3.81. The van der Waals surface area contributed by atoms with E-state index in [9.17, 15) is 4.79 Å². The smallest absolute Gasteiger partial charge is 0.251 e. The standard InChI is InChI=1S/C14H22N2O/c1-12-7-6-8-13(11-12)14(17)15-9-4-5-10-16(2)3/h6-8,11H,4-5,9-10H2,1-3H3,(H,15,17). The summed E-state index contributed by atoms with van der Waals surface area (Å²) in [6.07, 6.45) is 2.14. The SMILES string of the molecule is Cc1cccc(C(=O)NCCCCN(C)C)c1. The van der Waals surface area contributed by atoms with Crippen LogP contribution in [0.3, 0.4) is 0 Å². The first kappa shape index (κ1) is 13.7. The lowest BCUT2D eigenvalue weighted by molar-refractivity contribution is 0.0952. The van der Waals surface area contributed by atoms with Gasteiger partial charge in [-0.25, -0.2) is 0 Å². The Morgan fingerprint density at radius 2 is 2.06 bits per heavy atom. The fraction of sp³-hybridized carbons (Fsp3) is 0.500. The first-order valence-electron chi connectivity index (χ1n) is 6.09. The summed E-state index contributed by atoms with van der Waals surface area (Å²) in [5.41, 5.74) is 1.86. The lowest BCUT2D eigenvalue weighted by atomic mass is 10.1. The number of aryl methyl sites for hydroxylation is 1. The third kappa shape index (κ3) is 5.50. The number of amides is 1. The normalized spacial score (nSPS) is 10.6. The molecular formula is C14H22N2O. The van der Waals surface area contributed by atoms with Gasteiger partial charge in [-0.05, 0) is 52.5 Å². The van der Waals surface area contributed by atoms with Gasteiger partial charge in [-0.15, -0.1) is 0 Å². The first-order valence-corrected chi connectivity index (χ1v) is 6.09. The maximum absolute atomic E-state index is 11.8. The highest BCUT2D eigenvalue weighted by Crippen LogP contribution is 2.03. The predicted molar refractivity (Wildman–Crippen MR) is 71.3 cm³/mol. The van der Waals surface area contributed by atoms with Crippen molar-refractivity contribution in [3.05, 3.63) is 35.4 Å². The molecule has 0 fully saturated rings. The summed E-state index contributed by atoms with van der Waals surface area (Å²) in [6, 6.07) is 7.67. The molecule has 0 aromatic heterocycles. The minimum Gasteiger partial charge on any atom is -0.352 e. The number of nitrogens with one attached hydrogen (secondary N) is 1. The van der Waals surface area contributed by atoms with Crippen LogP contribution in [0.1, 0.15) is 28.8 Å². The summed E-state index contributed by atoms with van der Waals surface area (Å²) >= 11 is 0. The summed E-state index contributed by atoms with van der Waals surface area (Å²) in [4.78, 5) is 13.9. The van der Waals surface area contributed by atoms with Crippen molar-refractivity contribution in [3.63, 3.8) is 0 Å². The summed E-state index contributed by atoms with van der Waals surface area (Å²) < 4.78 is 0. The van der Waals surface area contributed by atoms with Crippen molar-refractivity contribution in [2.75, 3.05) is 27.2 Å². The fourth-order valence-corrected chi connectivity index (χ4v) is 1.64. The fourth-order valence-electron chi connectivity index (χ4n) is 1.64. The van der Waals surface area contributed by atoms with Crippen molar-refractivity contribution >= 4 is 5.91 Å². The molecule has 0 heterocycles. The zero-order valence-corrected chi connectivity index (χ0v) is 11.0. The van der Waals surface area contributed by atoms with E-state index in [4.69, 9.17) is 0 Å². The number of unbranched alkanes of at least 4 members (excludes halogenated alkanes) is 1. The highest BCUT2D eigenvalue weighted by Gasteiger charge is 2.03. The molecule has 0 spiro atoms. The third-order valence-corrected chi connectivity index (χ3v) is 2.60. The quantitative estimate of drug-likeness (QED) is 0.764. The molecule has 1 rings (SSSR count). The van der Waals surface area contributed by atoms with Gasteiger partial charge < -0.3 is 10.2 Å². The van der Waals surface area contributed by atoms with Crippen LogP contribution in [-0.2, 0) is 0 Å². The van der Waals surface area contributed by atoms with E-state index in [1.165, 1.54) is 0 Å². The van der Waals surface area contributed by atoms with Crippen molar-refractivity contribution in [2.45, 2.75) is 19.8 Å². The van der Waals surface area contributed by atoms with Crippen LogP contribution in [0.2, 0.25) is 0 Å². The first-order chi connectivity index (χ1) is 8.09. The molecule has 0 saturated heterocycles. The van der Waals surface area contributed by atoms with Crippen LogP contribution in [0.4, 0.5) is 0 Å². The number of hydrogen-bond acceptors (Lipinski definition) is 2. The van der Waals surface area contributed by atoms with Crippen LogP contribution < -0.4 is 5.32 Å². The Balaban J connectivity index is 2.26. The van der Waals surface area contributed by atoms with Crippen molar-refractivity contribution in [3.8, 4) is 0 Å². The maximum Gasteiger partial charge on any atom is 0.251 e. The number of benzene rings is 1. The minimum absolute atomic E-state index is 0.0264. The molecule has 0 bridgehead atoms. The molecule has 0 aliphatic carbocycles. The molecule has 1 N–H and O–H groups in total. The molecule has 0 unspecified atom stereocenters. The molecule has 0 saturated carbocycles. The van der Waals surface area contributed by atoms with Crippen molar-refractivity contribution in [1.29, 1.82) is 0 Å². The van der Waals surface area contributed by atoms with E-state index in [0.717, 1.165) is 37.1 Å². The van der Waals surface area contributed by atoms with Gasteiger partial charge in [-0.3, -0.25) is 4.79 Å². The number of rotatable bonds is 6. The second-order valence-electron chi connectivity index (χ2n) is 4.64. The van der Waals surface area contributed by atoms with Crippen LogP contribution in [0.5, 0.6) is 0 Å². The molecule has 0 aliphatic heterocycles. The summed E-state index contributed by atoms with van der Waals surface area (Å²) in [7, 11) is 4.12. The zero-order chi connectivity index (χ0) is 12.7. The topological polar surface area (TPSA) is 32.3 Å². The molecule has 1 aromatic carbocycles. The zero-order valence-electron chi connectivity index (χ0n) is 11.0. The van der Waals surface area contributed by atoms with Gasteiger partial charge in [0, 0.05) is 12.1 Å². The van der Waals surface area contributed by atoms with E-state index in [-0.39, 0.29) is 5.91 Å². The minimum atomic E-state index is 0.0264. The van der Waals surface area contributed by atoms with Gasteiger partial charge >= 0.3 is 0 Å². The van der Waals surface area contributed by atoms with Gasteiger partial charge in [0.05, 0.1) is 0 Å². The Kier molecular flexibility index (Phi) is 5.70. The molecule has 1 amide bonds. The van der Waals surface area contributed by atoms with E-state index in [1.807, 2.05) is 31.2 Å². The second-order valence-corrected chi connectivity index (χ2v) is 4.64. The van der Waals surface area contributed by atoms with Crippen molar-refractivity contribution < 1.29 is 4.79 Å². The van der Waals surface area contributed by atoms with Gasteiger partial charge in [0.1, 0.15) is 0 Å². The van der Waals surface area contributed by atoms with Crippen LogP contribution in [0.25, 0.3) is 0 Å². The van der Waals surface area contributed by atoms with Gasteiger partial charge in [-0.2, -0.15) is 0 Å². The molecule has 0 aliphatic rings. The third-order valence-electron chi connectivity index (χ3n) is 2.60. The Morgan fingerprint density at radius 1 is 1.29 bits per heavy atom. The van der Waals surface area contributed by atoms with Gasteiger partial charge in [0.25, 0.3) is 5.91 Å². The molecule has 94 valence electrons. The average Bonchev–Trinajstić information content (AvgIpc) is 2.28. The van der Waals surface area contributed by atoms with E-state index in [0.29, 0.717) is 0 Å². The number of hydrogen-bond donors (Lipinski definition) is 1. The lowest BCUT2D eigenvalue weighted by Gasteiger charge is -2.09. The highest BCUT2D eigenvalue weighted by molar-refractivity contribution is 5.94. The average molecular weight is 234 g/mol. The molecule has 0 radical (unpaired) electrons. The molecule has 17 heavy (non-hydrogen) atoms. The molecule has 3 nitrogen and oxygen atoms in total. The van der Waals surface area contributed by atoms with E-state index in [1.54, 1.807) is 0 Å². The Bertz CT molecular complexity index is 361. The lowest BCUT2D eigenvalue weighted by Crippen LogP contribution is -2.25. The number of carbonyl (C=O) groups excluding carboxylic acids is 1. The van der Waals surface area contributed by atoms with Crippen LogP contribution >= 0.6 is 0 Å². The molecule has 0 atom stereocenters. The molecule has 1 aromatic rings. The van der Waals surface area contributed by atoms with E-state index >= 15 is 0 Å². The number of nitrogens with zero attached hydrogens (tertiary/aromatic N) is 1. The Morgan fingerprint density at radius 3 is 2.71 bits per heavy atom. The van der Waals surface area contributed by atoms with Crippen LogP contribution in [0, 0.1) is 6.92 Å². The van der Waals surface area contributed by atoms with Gasteiger partial charge in [-0.1, -0.05) is 17.7 Å². The van der Waals surface area contributed by atoms with E-state index < -0.39 is 0 Å². The highest BCUT2D eigenvalue weighted by atomic mass is 16.1. The van der Waals surface area contributed by atoms with Gasteiger partial charge in [0.2, 0.25) is 0 Å². The van der Waals surface area contributed by atoms with E-state index in [2.05, 4.69) is 24.3 Å². The Hall–Kier alpha value is -1.35. The largest absolute Gasteiger partial charge is 0.352 e. The van der Waals surface area contributed by atoms with Crippen molar-refractivity contribution in [2.24, 2.45) is 0 Å². The number of carbonyl (C=O) groups is 1. The van der Waals surface area contributed by atoms with Crippen LogP contribution in [0.15, 0.2) is 24.3 Å². The molecular weight excluding hydrogens is 212 g/mol. The molecule has 3 heteroatoms. The summed E-state index contributed by atoms with van der Waals surface area (Å²) in [5, 5.41) is 2.94. The Labute approximate surface area is 104 Å². The summed E-state index contributed by atoms with van der Waals surface area (Å²) in [5.74, 6) is 0.0264. The van der Waals surface area contributed by atoms with Crippen LogP contribution in [-0.4, -0.2) is 38.0 Å². The predicted octanol–water partition coefficient (Wildman–Crippen LogP) is 2.07. The van der Waals surface area contributed by atoms with Crippen molar-refractivity contribution in [1.82, 2.24) is 10.2 Å². The monoisotopic (exact) mass is 234 g/mol. The van der Waals surface area contributed by atoms with Gasteiger partial charge in [0.15, 0.2) is 0 Å². The maximum atomic E-state index is 11.8.